The number of benzene rings is 2. The predicted molar refractivity (Wildman–Crippen MR) is 150 cm³/mol. The molecule has 0 radical (unpaired) electrons. The maximum absolute atomic E-state index is 12.1. The molecule has 6 rings (SSSR count). The van der Waals surface area contributed by atoms with Crippen molar-refractivity contribution in [2.75, 3.05) is 39.9 Å². The third kappa shape index (κ3) is 5.15. The van der Waals surface area contributed by atoms with Gasteiger partial charge in [-0.2, -0.15) is 9.97 Å². The molecular weight excluding hydrogens is 516 g/mol. The Kier molecular flexibility index (Phi) is 7.32. The van der Waals surface area contributed by atoms with Gasteiger partial charge in [0.1, 0.15) is 13.2 Å². The van der Waals surface area contributed by atoms with Crippen LogP contribution in [-0.2, 0) is 4.79 Å². The summed E-state index contributed by atoms with van der Waals surface area (Å²) in [5.41, 5.74) is 1.74. The molecule has 3 aliphatic rings. The molecule has 9 heteroatoms. The van der Waals surface area contributed by atoms with Crippen LogP contribution in [0.2, 0.25) is 5.02 Å². The molecule has 1 amide bonds. The van der Waals surface area contributed by atoms with Crippen molar-refractivity contribution < 1.29 is 19.0 Å². The van der Waals surface area contributed by atoms with Crippen LogP contribution in [0.15, 0.2) is 49.1 Å². The zero-order valence-corrected chi connectivity index (χ0v) is 22.9. The fraction of sp³-hybridized carbons (Fsp3) is 0.433. The van der Waals surface area contributed by atoms with Gasteiger partial charge in [0, 0.05) is 41.0 Å². The highest BCUT2D eigenvalue weighted by Gasteiger charge is 2.34. The summed E-state index contributed by atoms with van der Waals surface area (Å²) in [7, 11) is 2.12. The van der Waals surface area contributed by atoms with Gasteiger partial charge in [-0.3, -0.25) is 4.79 Å². The Hall–Kier alpha value is -3.36. The molecule has 2 fully saturated rings. The molecule has 2 saturated heterocycles. The van der Waals surface area contributed by atoms with Crippen LogP contribution in [0.25, 0.3) is 10.8 Å². The molecule has 2 aromatic carbocycles. The second kappa shape index (κ2) is 11.0. The Morgan fingerprint density at radius 3 is 2.69 bits per heavy atom. The maximum atomic E-state index is 12.1. The minimum Gasteiger partial charge on any atom is -0.482 e. The monoisotopic (exact) mass is 548 g/mol. The van der Waals surface area contributed by atoms with E-state index in [9.17, 15) is 4.79 Å². The van der Waals surface area contributed by atoms with Crippen LogP contribution in [0.4, 0.5) is 0 Å². The van der Waals surface area contributed by atoms with E-state index < -0.39 is 0 Å². The van der Waals surface area contributed by atoms with E-state index >= 15 is 0 Å². The van der Waals surface area contributed by atoms with Crippen LogP contribution in [-0.4, -0.2) is 71.6 Å². The summed E-state index contributed by atoms with van der Waals surface area (Å²) in [5, 5.41) is 2.67. The van der Waals surface area contributed by atoms with Crippen LogP contribution < -0.4 is 14.2 Å². The molecule has 1 unspecified atom stereocenters. The van der Waals surface area contributed by atoms with Crippen molar-refractivity contribution in [1.29, 1.82) is 0 Å². The summed E-state index contributed by atoms with van der Waals surface area (Å²) < 4.78 is 19.0. The van der Waals surface area contributed by atoms with Crippen molar-refractivity contribution in [3.05, 3.63) is 65.3 Å². The fourth-order valence-corrected chi connectivity index (χ4v) is 6.21. The third-order valence-corrected chi connectivity index (χ3v) is 8.47. The summed E-state index contributed by atoms with van der Waals surface area (Å²) in [6.07, 6.45) is 4.77. The number of hydrogen-bond acceptors (Lipinski definition) is 7. The van der Waals surface area contributed by atoms with Crippen molar-refractivity contribution in [3.8, 4) is 17.6 Å². The number of carbonyl (C=O) groups is 1. The van der Waals surface area contributed by atoms with E-state index in [2.05, 4.69) is 23.5 Å². The standard InChI is InChI=1S/C30H33ClN4O4/c1-3-25(36)35-15-12-20(13-16-35)27-28-29(33-30(32-27)38-17-21-9-6-14-34(21)2)39-24(18-37-28)22-10-4-7-19-8-5-11-23(31)26(19)22/h3-5,7-8,10-11,20-21,24H,1,6,9,12-18H2,2H3/t21-,24?/m0/s1. The van der Waals surface area contributed by atoms with Gasteiger partial charge in [-0.25, -0.2) is 0 Å². The summed E-state index contributed by atoms with van der Waals surface area (Å²) in [5.74, 6) is 1.01. The van der Waals surface area contributed by atoms with E-state index in [-0.39, 0.29) is 17.9 Å². The number of fused-ring (bicyclic) bond motifs is 2. The zero-order chi connectivity index (χ0) is 26.9. The number of nitrogens with zero attached hydrogens (tertiary/aromatic N) is 4. The highest BCUT2D eigenvalue weighted by atomic mass is 35.5. The molecule has 3 aliphatic heterocycles. The van der Waals surface area contributed by atoms with E-state index in [0.717, 1.165) is 54.3 Å². The van der Waals surface area contributed by atoms with Crippen molar-refractivity contribution in [1.82, 2.24) is 19.8 Å². The van der Waals surface area contributed by atoms with E-state index in [4.69, 9.17) is 30.8 Å². The Labute approximate surface area is 233 Å². The molecule has 0 spiro atoms. The van der Waals surface area contributed by atoms with Gasteiger partial charge in [0.05, 0.1) is 5.69 Å². The summed E-state index contributed by atoms with van der Waals surface area (Å²) in [6, 6.07) is 12.6. The molecule has 0 bridgehead atoms. The lowest BCUT2D eigenvalue weighted by Gasteiger charge is -2.33. The first-order chi connectivity index (χ1) is 19.0. The molecule has 8 nitrogen and oxygen atoms in total. The number of aromatic nitrogens is 2. The lowest BCUT2D eigenvalue weighted by atomic mass is 9.92. The molecule has 39 heavy (non-hydrogen) atoms. The van der Waals surface area contributed by atoms with Gasteiger partial charge >= 0.3 is 6.01 Å². The number of halogens is 1. The van der Waals surface area contributed by atoms with E-state index in [0.29, 0.717) is 55.0 Å². The van der Waals surface area contributed by atoms with Crippen LogP contribution in [0.3, 0.4) is 0 Å². The number of carbonyl (C=O) groups excluding carboxylic acids is 1. The van der Waals surface area contributed by atoms with Gasteiger partial charge in [-0.05, 0) is 56.8 Å². The predicted octanol–water partition coefficient (Wildman–Crippen LogP) is 5.16. The van der Waals surface area contributed by atoms with Crippen LogP contribution >= 0.6 is 11.6 Å². The number of likely N-dealkylation sites (tertiary alicyclic amines) is 2. The quantitative estimate of drug-likeness (QED) is 0.394. The normalized spacial score (nSPS) is 21.7. The number of likely N-dealkylation sites (N-methyl/N-ethyl adjacent to an activating group) is 1. The maximum Gasteiger partial charge on any atom is 0.320 e. The topological polar surface area (TPSA) is 77.0 Å². The first-order valence-electron chi connectivity index (χ1n) is 13.6. The largest absolute Gasteiger partial charge is 0.482 e. The van der Waals surface area contributed by atoms with Crippen LogP contribution in [0.5, 0.6) is 17.6 Å². The van der Waals surface area contributed by atoms with Gasteiger partial charge in [0.15, 0.2) is 6.10 Å². The van der Waals surface area contributed by atoms with E-state index in [1.165, 1.54) is 6.08 Å². The molecular formula is C30H33ClN4O4. The Bertz CT molecular complexity index is 1390. The Morgan fingerprint density at radius 1 is 1.15 bits per heavy atom. The molecule has 0 saturated carbocycles. The SMILES string of the molecule is C=CC(=O)N1CCC(c2nc(OC[C@@H]3CCCN3C)nc3c2OCC(c2cccc4cccc(Cl)c24)O3)CC1. The average molecular weight is 549 g/mol. The Morgan fingerprint density at radius 2 is 1.95 bits per heavy atom. The van der Waals surface area contributed by atoms with Gasteiger partial charge < -0.3 is 24.0 Å². The number of ether oxygens (including phenoxy) is 3. The van der Waals surface area contributed by atoms with Crippen LogP contribution in [0.1, 0.15) is 49.0 Å². The van der Waals surface area contributed by atoms with Crippen molar-refractivity contribution >= 4 is 28.3 Å². The minimum atomic E-state index is -0.385. The van der Waals surface area contributed by atoms with Gasteiger partial charge in [-0.15, -0.1) is 0 Å². The van der Waals surface area contributed by atoms with Gasteiger partial charge in [-0.1, -0.05) is 48.5 Å². The molecule has 0 aliphatic carbocycles. The second-order valence-corrected chi connectivity index (χ2v) is 10.9. The Balaban J connectivity index is 1.31. The first kappa shape index (κ1) is 25.9. The number of hydrogen-bond donors (Lipinski definition) is 0. The smallest absolute Gasteiger partial charge is 0.320 e. The molecule has 4 heterocycles. The van der Waals surface area contributed by atoms with E-state index in [1.54, 1.807) is 0 Å². The number of rotatable bonds is 6. The zero-order valence-electron chi connectivity index (χ0n) is 22.1. The molecule has 1 aromatic heterocycles. The second-order valence-electron chi connectivity index (χ2n) is 10.5. The summed E-state index contributed by atoms with van der Waals surface area (Å²) >= 11 is 6.61. The lowest BCUT2D eigenvalue weighted by molar-refractivity contribution is -0.127. The summed E-state index contributed by atoms with van der Waals surface area (Å²) in [4.78, 5) is 25.8. The van der Waals surface area contributed by atoms with Crippen LogP contribution in [0, 0.1) is 0 Å². The minimum absolute atomic E-state index is 0.0426. The highest BCUT2D eigenvalue weighted by molar-refractivity contribution is 6.35. The third-order valence-electron chi connectivity index (χ3n) is 8.15. The summed E-state index contributed by atoms with van der Waals surface area (Å²) in [6.45, 7) is 6.79. The van der Waals surface area contributed by atoms with Gasteiger partial charge in [0.2, 0.25) is 11.7 Å². The van der Waals surface area contributed by atoms with Crippen molar-refractivity contribution in [2.45, 2.75) is 43.7 Å². The van der Waals surface area contributed by atoms with E-state index in [1.807, 2.05) is 41.3 Å². The highest BCUT2D eigenvalue weighted by Crippen LogP contribution is 2.44. The molecule has 204 valence electrons. The van der Waals surface area contributed by atoms with Crippen molar-refractivity contribution in [2.24, 2.45) is 0 Å². The van der Waals surface area contributed by atoms with Gasteiger partial charge in [0.25, 0.3) is 5.88 Å². The first-order valence-corrected chi connectivity index (χ1v) is 14.0. The molecule has 0 N–H and O–H groups in total. The number of amides is 1. The molecule has 2 atom stereocenters. The molecule has 3 aromatic rings. The lowest BCUT2D eigenvalue weighted by Crippen LogP contribution is -2.37. The average Bonchev–Trinajstić information content (AvgIpc) is 3.39. The fourth-order valence-electron chi connectivity index (χ4n) is 5.92. The van der Waals surface area contributed by atoms with Crippen molar-refractivity contribution in [3.63, 3.8) is 0 Å². The number of piperidine rings is 1.